The number of carbonyl (C=O) groups is 2. The summed E-state index contributed by atoms with van der Waals surface area (Å²) < 4.78 is 0. The first-order valence-electron chi connectivity index (χ1n) is 12.4. The molecule has 2 amide bonds. The SMILES string of the molecule is CN(Cc1ccc(O)cc1)C(=O)[C@@H](CCCN/C(N)=N\[N+](=O)[O-])NC(=O)C(c1ccccc1)c1ccccc1. The fraction of sp³-hybridized carbons (Fsp3) is 0.250. The highest BCUT2D eigenvalue weighted by atomic mass is 16.7. The average molecular weight is 533 g/mol. The third-order valence-electron chi connectivity index (χ3n) is 6.04. The summed E-state index contributed by atoms with van der Waals surface area (Å²) >= 11 is 0. The van der Waals surface area contributed by atoms with Crippen molar-refractivity contribution in [2.75, 3.05) is 13.6 Å². The molecule has 0 aliphatic heterocycles. The van der Waals surface area contributed by atoms with Gasteiger partial charge in [0.05, 0.1) is 5.92 Å². The van der Waals surface area contributed by atoms with Crippen molar-refractivity contribution >= 4 is 17.8 Å². The fourth-order valence-corrected chi connectivity index (χ4v) is 4.16. The number of benzene rings is 3. The van der Waals surface area contributed by atoms with E-state index in [1.165, 1.54) is 4.90 Å². The molecule has 0 aliphatic carbocycles. The molecule has 3 aromatic rings. The fourth-order valence-electron chi connectivity index (χ4n) is 4.16. The Labute approximate surface area is 226 Å². The molecule has 0 saturated heterocycles. The quantitative estimate of drug-likeness (QED) is 0.0915. The molecule has 3 rings (SSSR count). The number of phenols is 1. The number of hydrogen-bond donors (Lipinski definition) is 4. The molecule has 0 saturated carbocycles. The van der Waals surface area contributed by atoms with Gasteiger partial charge in [0.15, 0.2) is 5.03 Å². The molecule has 0 fully saturated rings. The lowest BCUT2D eigenvalue weighted by Gasteiger charge is -2.27. The summed E-state index contributed by atoms with van der Waals surface area (Å²) in [5.41, 5.74) is 7.87. The Bertz CT molecular complexity index is 1230. The number of likely N-dealkylation sites (N-methyl/N-ethyl adjacent to an activating group) is 1. The smallest absolute Gasteiger partial charge is 0.266 e. The molecular formula is C28H32N6O5. The number of rotatable bonds is 12. The second-order valence-corrected chi connectivity index (χ2v) is 8.97. The summed E-state index contributed by atoms with van der Waals surface area (Å²) in [6.07, 6.45) is 0.624. The van der Waals surface area contributed by atoms with Crippen molar-refractivity contribution in [3.63, 3.8) is 0 Å². The molecule has 1 atom stereocenters. The van der Waals surface area contributed by atoms with E-state index in [-0.39, 0.29) is 43.0 Å². The molecule has 11 heteroatoms. The van der Waals surface area contributed by atoms with E-state index in [9.17, 15) is 24.8 Å². The number of guanidine groups is 1. The third kappa shape index (κ3) is 8.85. The Morgan fingerprint density at radius 1 is 1.00 bits per heavy atom. The summed E-state index contributed by atoms with van der Waals surface area (Å²) in [5, 5.41) is 27.7. The van der Waals surface area contributed by atoms with E-state index in [2.05, 4.69) is 15.7 Å². The van der Waals surface area contributed by atoms with Crippen LogP contribution < -0.4 is 16.4 Å². The highest BCUT2D eigenvalue weighted by Crippen LogP contribution is 2.25. The molecule has 204 valence electrons. The lowest BCUT2D eigenvalue weighted by molar-refractivity contribution is -0.485. The van der Waals surface area contributed by atoms with Crippen LogP contribution in [0.3, 0.4) is 0 Å². The predicted octanol–water partition coefficient (Wildman–Crippen LogP) is 2.54. The number of phenolic OH excluding ortho intramolecular Hbond substituents is 1. The summed E-state index contributed by atoms with van der Waals surface area (Å²) in [6.45, 7) is 0.484. The summed E-state index contributed by atoms with van der Waals surface area (Å²) in [5.74, 6) is -1.48. The zero-order valence-electron chi connectivity index (χ0n) is 21.6. The van der Waals surface area contributed by atoms with Gasteiger partial charge in [0.2, 0.25) is 11.8 Å². The molecule has 0 heterocycles. The molecule has 0 radical (unpaired) electrons. The van der Waals surface area contributed by atoms with E-state index < -0.39 is 17.0 Å². The Hall–Kier alpha value is -4.93. The van der Waals surface area contributed by atoms with Crippen LogP contribution in [-0.2, 0) is 16.1 Å². The standard InChI is InChI=1S/C28H32N6O5/c1-33(19-20-14-16-23(35)17-15-20)27(37)24(13-8-18-30-28(29)32-34(38)39)31-26(36)25(21-9-4-2-5-10-21)22-11-6-3-7-12-22/h2-7,9-12,14-17,24-25,35H,8,13,18-19H2,1H3,(H,31,36)(H3,29,30,32)/t24-/m1/s1. The maximum absolute atomic E-state index is 13.7. The lowest BCUT2D eigenvalue weighted by Crippen LogP contribution is -2.49. The van der Waals surface area contributed by atoms with Crippen molar-refractivity contribution in [3.8, 4) is 5.75 Å². The third-order valence-corrected chi connectivity index (χ3v) is 6.04. The van der Waals surface area contributed by atoms with Crippen molar-refractivity contribution in [3.05, 3.63) is 112 Å². The van der Waals surface area contributed by atoms with Gasteiger partial charge in [-0.15, -0.1) is 0 Å². The van der Waals surface area contributed by atoms with Gasteiger partial charge >= 0.3 is 0 Å². The van der Waals surface area contributed by atoms with Crippen LogP contribution in [0.4, 0.5) is 0 Å². The number of nitrogens with zero attached hydrogens (tertiary/aromatic N) is 3. The van der Waals surface area contributed by atoms with Gasteiger partial charge in [0, 0.05) is 20.1 Å². The number of nitrogens with two attached hydrogens (primary N) is 1. The average Bonchev–Trinajstić information content (AvgIpc) is 2.92. The second-order valence-electron chi connectivity index (χ2n) is 8.97. The predicted molar refractivity (Wildman–Crippen MR) is 147 cm³/mol. The van der Waals surface area contributed by atoms with Crippen LogP contribution in [0.1, 0.15) is 35.4 Å². The number of aromatic hydroxyl groups is 1. The molecular weight excluding hydrogens is 500 g/mol. The van der Waals surface area contributed by atoms with Crippen molar-refractivity contribution in [1.82, 2.24) is 15.5 Å². The van der Waals surface area contributed by atoms with Gasteiger partial charge in [0.25, 0.3) is 5.96 Å². The minimum atomic E-state index is -0.902. The second kappa shape index (κ2) is 14.1. The van der Waals surface area contributed by atoms with Crippen LogP contribution >= 0.6 is 0 Å². The number of hydrogen-bond acceptors (Lipinski definition) is 5. The molecule has 0 bridgehead atoms. The largest absolute Gasteiger partial charge is 0.508 e. The van der Waals surface area contributed by atoms with E-state index in [0.29, 0.717) is 6.42 Å². The van der Waals surface area contributed by atoms with Gasteiger partial charge in [-0.2, -0.15) is 0 Å². The minimum absolute atomic E-state index is 0.123. The highest BCUT2D eigenvalue weighted by molar-refractivity contribution is 5.92. The van der Waals surface area contributed by atoms with Crippen LogP contribution in [0, 0.1) is 10.1 Å². The normalized spacial score (nSPS) is 12.0. The van der Waals surface area contributed by atoms with E-state index in [4.69, 9.17) is 5.73 Å². The maximum Gasteiger partial charge on any atom is 0.266 e. The Morgan fingerprint density at radius 3 is 2.10 bits per heavy atom. The molecule has 0 aliphatic rings. The summed E-state index contributed by atoms with van der Waals surface area (Å²) in [4.78, 5) is 39.2. The zero-order chi connectivity index (χ0) is 28.2. The maximum atomic E-state index is 13.7. The van der Waals surface area contributed by atoms with E-state index in [1.807, 2.05) is 60.7 Å². The van der Waals surface area contributed by atoms with Crippen LogP contribution in [0.25, 0.3) is 0 Å². The number of hydrazone groups is 1. The molecule has 39 heavy (non-hydrogen) atoms. The van der Waals surface area contributed by atoms with E-state index in [0.717, 1.165) is 16.7 Å². The first-order valence-corrected chi connectivity index (χ1v) is 12.4. The van der Waals surface area contributed by atoms with Crippen LogP contribution in [-0.4, -0.2) is 52.4 Å². The number of amides is 2. The summed E-state index contributed by atoms with van der Waals surface area (Å²) in [7, 11) is 1.64. The molecule has 5 N–H and O–H groups in total. The molecule has 0 aromatic heterocycles. The Balaban J connectivity index is 1.79. The lowest BCUT2D eigenvalue weighted by atomic mass is 9.90. The van der Waals surface area contributed by atoms with Crippen molar-refractivity contribution in [1.29, 1.82) is 0 Å². The van der Waals surface area contributed by atoms with E-state index in [1.54, 1.807) is 31.3 Å². The van der Waals surface area contributed by atoms with Crippen molar-refractivity contribution in [2.24, 2.45) is 10.8 Å². The first-order chi connectivity index (χ1) is 18.7. The van der Waals surface area contributed by atoms with Gasteiger partial charge in [-0.05, 0) is 41.7 Å². The Morgan fingerprint density at radius 2 is 1.56 bits per heavy atom. The Kier molecular flexibility index (Phi) is 10.4. The van der Waals surface area contributed by atoms with Gasteiger partial charge < -0.3 is 26.4 Å². The van der Waals surface area contributed by atoms with Crippen molar-refractivity contribution in [2.45, 2.75) is 31.3 Å². The van der Waals surface area contributed by atoms with Crippen molar-refractivity contribution < 1.29 is 19.7 Å². The van der Waals surface area contributed by atoms with Crippen LogP contribution in [0.5, 0.6) is 5.75 Å². The number of nitro groups is 1. The van der Waals surface area contributed by atoms with E-state index >= 15 is 0 Å². The number of nitrogens with one attached hydrogen (secondary N) is 2. The van der Waals surface area contributed by atoms with Crippen LogP contribution in [0.2, 0.25) is 0 Å². The highest BCUT2D eigenvalue weighted by Gasteiger charge is 2.29. The first kappa shape index (κ1) is 28.6. The zero-order valence-corrected chi connectivity index (χ0v) is 21.6. The molecule has 11 nitrogen and oxygen atoms in total. The monoisotopic (exact) mass is 532 g/mol. The van der Waals surface area contributed by atoms with Gasteiger partial charge in [-0.25, -0.2) is 10.1 Å². The molecule has 0 spiro atoms. The molecule has 3 aromatic carbocycles. The summed E-state index contributed by atoms with van der Waals surface area (Å²) in [6, 6.07) is 24.3. The van der Waals surface area contributed by atoms with Gasteiger partial charge in [-0.3, -0.25) is 9.59 Å². The minimum Gasteiger partial charge on any atom is -0.508 e. The molecule has 0 unspecified atom stereocenters. The van der Waals surface area contributed by atoms with Gasteiger partial charge in [-0.1, -0.05) is 72.8 Å². The number of carbonyl (C=O) groups excluding carboxylic acids is 2. The topological polar surface area (TPSA) is 163 Å². The van der Waals surface area contributed by atoms with Crippen LogP contribution in [0.15, 0.2) is 90.0 Å². The van der Waals surface area contributed by atoms with Gasteiger partial charge in [0.1, 0.15) is 16.9 Å².